The van der Waals surface area contributed by atoms with Gasteiger partial charge in [-0.15, -0.1) is 0 Å². The van der Waals surface area contributed by atoms with E-state index in [-0.39, 0.29) is 5.91 Å². The Bertz CT molecular complexity index is 420. The van der Waals surface area contributed by atoms with Crippen molar-refractivity contribution in [1.82, 2.24) is 4.90 Å². The van der Waals surface area contributed by atoms with Crippen LogP contribution in [0.15, 0.2) is 54.6 Å². The number of allylic oxidation sites excluding steroid dienone is 1. The molecule has 0 bridgehead atoms. The maximum absolute atomic E-state index is 12.3. The number of amides is 1. The first-order valence-electron chi connectivity index (χ1n) is 6.38. The fourth-order valence-corrected chi connectivity index (χ4v) is 1.79. The molecule has 0 radical (unpaired) electrons. The van der Waals surface area contributed by atoms with E-state index in [4.69, 9.17) is 0 Å². The Kier molecular flexibility index (Phi) is 5.92. The van der Waals surface area contributed by atoms with E-state index >= 15 is 0 Å². The summed E-state index contributed by atoms with van der Waals surface area (Å²) in [5.74, 6) is 0.0539. The van der Waals surface area contributed by atoms with Gasteiger partial charge in [-0.05, 0) is 18.9 Å². The monoisotopic (exact) mass is 243 g/mol. The molecule has 1 rings (SSSR count). The maximum atomic E-state index is 12.3. The van der Waals surface area contributed by atoms with Crippen molar-refractivity contribution in [1.29, 1.82) is 0 Å². The molecule has 96 valence electrons. The topological polar surface area (TPSA) is 20.3 Å². The first-order valence-corrected chi connectivity index (χ1v) is 6.38. The average Bonchev–Trinajstić information content (AvgIpc) is 2.42. The number of hydrogen-bond donors (Lipinski definition) is 0. The van der Waals surface area contributed by atoms with Gasteiger partial charge in [0.1, 0.15) is 0 Å². The Morgan fingerprint density at radius 2 is 1.94 bits per heavy atom. The quantitative estimate of drug-likeness (QED) is 0.552. The molecule has 0 fully saturated rings. The molecule has 0 aromatic heterocycles. The van der Waals surface area contributed by atoms with Crippen LogP contribution in [0, 0.1) is 0 Å². The smallest absolute Gasteiger partial charge is 0.253 e. The van der Waals surface area contributed by atoms with Crippen LogP contribution in [0.3, 0.4) is 0 Å². The predicted octanol–water partition coefficient (Wildman–Crippen LogP) is 3.56. The lowest BCUT2D eigenvalue weighted by molar-refractivity contribution is -0.127. The molecular weight excluding hydrogens is 222 g/mol. The SMILES string of the molecule is C=C/C(=C\CC)C(=O)N(CC)Cc1ccccc1. The minimum absolute atomic E-state index is 0.0539. The van der Waals surface area contributed by atoms with E-state index in [1.807, 2.05) is 55.2 Å². The molecule has 0 heterocycles. The Labute approximate surface area is 110 Å². The van der Waals surface area contributed by atoms with Crippen LogP contribution in [0.25, 0.3) is 0 Å². The van der Waals surface area contributed by atoms with E-state index in [0.29, 0.717) is 18.7 Å². The highest BCUT2D eigenvalue weighted by Crippen LogP contribution is 2.10. The zero-order chi connectivity index (χ0) is 13.4. The van der Waals surface area contributed by atoms with Crippen LogP contribution in [0.1, 0.15) is 25.8 Å². The highest BCUT2D eigenvalue weighted by molar-refractivity contribution is 5.95. The molecule has 1 amide bonds. The third-order valence-corrected chi connectivity index (χ3v) is 2.78. The second kappa shape index (κ2) is 7.49. The van der Waals surface area contributed by atoms with Gasteiger partial charge in [0, 0.05) is 18.7 Å². The number of likely N-dealkylation sites (N-methyl/N-ethyl adjacent to an activating group) is 1. The second-order valence-electron chi connectivity index (χ2n) is 4.08. The van der Waals surface area contributed by atoms with Crippen molar-refractivity contribution in [3.63, 3.8) is 0 Å². The molecule has 2 nitrogen and oxygen atoms in total. The van der Waals surface area contributed by atoms with E-state index in [1.165, 1.54) is 0 Å². The lowest BCUT2D eigenvalue weighted by Crippen LogP contribution is -2.31. The summed E-state index contributed by atoms with van der Waals surface area (Å²) < 4.78 is 0. The zero-order valence-corrected chi connectivity index (χ0v) is 11.2. The Hall–Kier alpha value is -1.83. The lowest BCUT2D eigenvalue weighted by Gasteiger charge is -2.21. The van der Waals surface area contributed by atoms with Crippen LogP contribution in [0.2, 0.25) is 0 Å². The number of rotatable bonds is 6. The molecule has 0 aliphatic rings. The molecule has 0 atom stereocenters. The van der Waals surface area contributed by atoms with Gasteiger partial charge >= 0.3 is 0 Å². The van der Waals surface area contributed by atoms with Crippen LogP contribution >= 0.6 is 0 Å². The molecule has 0 spiro atoms. The Balaban J connectivity index is 2.80. The van der Waals surface area contributed by atoms with Gasteiger partial charge in [0.2, 0.25) is 0 Å². The van der Waals surface area contributed by atoms with Crippen LogP contribution in [-0.2, 0) is 11.3 Å². The highest BCUT2D eigenvalue weighted by atomic mass is 16.2. The van der Waals surface area contributed by atoms with Gasteiger partial charge in [-0.3, -0.25) is 4.79 Å². The summed E-state index contributed by atoms with van der Waals surface area (Å²) in [6.45, 7) is 9.06. The molecule has 0 saturated carbocycles. The summed E-state index contributed by atoms with van der Waals surface area (Å²) in [6.07, 6.45) is 4.40. The molecule has 0 aliphatic carbocycles. The van der Waals surface area contributed by atoms with Crippen molar-refractivity contribution in [2.45, 2.75) is 26.8 Å². The average molecular weight is 243 g/mol. The molecular formula is C16H21NO. The van der Waals surface area contributed by atoms with Gasteiger partial charge in [0.15, 0.2) is 0 Å². The number of carbonyl (C=O) groups is 1. The third kappa shape index (κ3) is 3.88. The van der Waals surface area contributed by atoms with Crippen molar-refractivity contribution in [3.8, 4) is 0 Å². The van der Waals surface area contributed by atoms with Crippen LogP contribution in [-0.4, -0.2) is 17.4 Å². The first kappa shape index (κ1) is 14.2. The summed E-state index contributed by atoms with van der Waals surface area (Å²) in [5, 5.41) is 0. The Morgan fingerprint density at radius 1 is 1.28 bits per heavy atom. The second-order valence-corrected chi connectivity index (χ2v) is 4.08. The van der Waals surface area contributed by atoms with Crippen molar-refractivity contribution in [2.24, 2.45) is 0 Å². The van der Waals surface area contributed by atoms with Crippen molar-refractivity contribution in [3.05, 3.63) is 60.2 Å². The molecule has 2 heteroatoms. The first-order chi connectivity index (χ1) is 8.72. The van der Waals surface area contributed by atoms with E-state index in [9.17, 15) is 4.79 Å². The molecule has 0 saturated heterocycles. The predicted molar refractivity (Wildman–Crippen MR) is 76.1 cm³/mol. The number of carbonyl (C=O) groups excluding carboxylic acids is 1. The highest BCUT2D eigenvalue weighted by Gasteiger charge is 2.14. The van der Waals surface area contributed by atoms with Crippen LogP contribution in [0.4, 0.5) is 0 Å². The minimum atomic E-state index is 0.0539. The van der Waals surface area contributed by atoms with Gasteiger partial charge in [0.25, 0.3) is 5.91 Å². The van der Waals surface area contributed by atoms with Crippen molar-refractivity contribution >= 4 is 5.91 Å². The summed E-state index contributed by atoms with van der Waals surface area (Å²) in [7, 11) is 0. The Morgan fingerprint density at radius 3 is 2.44 bits per heavy atom. The van der Waals surface area contributed by atoms with Gasteiger partial charge < -0.3 is 4.90 Å². The fourth-order valence-electron chi connectivity index (χ4n) is 1.79. The minimum Gasteiger partial charge on any atom is -0.335 e. The molecule has 0 unspecified atom stereocenters. The van der Waals surface area contributed by atoms with Crippen LogP contribution in [0.5, 0.6) is 0 Å². The molecule has 1 aromatic rings. The summed E-state index contributed by atoms with van der Waals surface area (Å²) in [6, 6.07) is 10.0. The zero-order valence-electron chi connectivity index (χ0n) is 11.2. The number of hydrogen-bond acceptors (Lipinski definition) is 1. The summed E-state index contributed by atoms with van der Waals surface area (Å²) in [4.78, 5) is 14.1. The normalized spacial score (nSPS) is 11.1. The molecule has 18 heavy (non-hydrogen) atoms. The third-order valence-electron chi connectivity index (χ3n) is 2.78. The summed E-state index contributed by atoms with van der Waals surface area (Å²) >= 11 is 0. The van der Waals surface area contributed by atoms with Gasteiger partial charge in [-0.25, -0.2) is 0 Å². The van der Waals surface area contributed by atoms with E-state index < -0.39 is 0 Å². The molecule has 1 aromatic carbocycles. The van der Waals surface area contributed by atoms with E-state index in [2.05, 4.69) is 6.58 Å². The molecule has 0 aliphatic heterocycles. The van der Waals surface area contributed by atoms with Crippen molar-refractivity contribution in [2.75, 3.05) is 6.54 Å². The number of benzene rings is 1. The largest absolute Gasteiger partial charge is 0.335 e. The van der Waals surface area contributed by atoms with Gasteiger partial charge in [-0.2, -0.15) is 0 Å². The van der Waals surface area contributed by atoms with Gasteiger partial charge in [0.05, 0.1) is 0 Å². The standard InChI is InChI=1S/C16H21NO/c1-4-10-15(5-2)16(18)17(6-3)13-14-11-8-7-9-12-14/h5,7-12H,2,4,6,13H2,1,3H3/b15-10+. The van der Waals surface area contributed by atoms with Gasteiger partial charge in [-0.1, -0.05) is 56.0 Å². The van der Waals surface area contributed by atoms with Crippen molar-refractivity contribution < 1.29 is 4.79 Å². The fraction of sp³-hybridized carbons (Fsp3) is 0.312. The number of nitrogens with zero attached hydrogens (tertiary/aromatic N) is 1. The van der Waals surface area contributed by atoms with E-state index in [1.54, 1.807) is 6.08 Å². The molecule has 0 N–H and O–H groups in total. The van der Waals surface area contributed by atoms with Crippen LogP contribution < -0.4 is 0 Å². The maximum Gasteiger partial charge on any atom is 0.253 e. The lowest BCUT2D eigenvalue weighted by atomic mass is 10.1. The van der Waals surface area contributed by atoms with E-state index in [0.717, 1.165) is 12.0 Å². The summed E-state index contributed by atoms with van der Waals surface area (Å²) in [5.41, 5.74) is 1.84.